The van der Waals surface area contributed by atoms with Crippen molar-refractivity contribution in [3.63, 3.8) is 0 Å². The van der Waals surface area contributed by atoms with Crippen LogP contribution in [-0.4, -0.2) is 30.0 Å². The minimum Gasteiger partial charge on any atom is -0.474 e. The van der Waals surface area contributed by atoms with Crippen LogP contribution in [0.3, 0.4) is 0 Å². The number of rotatable bonds is 2. The molecule has 4 nitrogen and oxygen atoms in total. The summed E-state index contributed by atoms with van der Waals surface area (Å²) in [6.07, 6.45) is 3.66. The van der Waals surface area contributed by atoms with Crippen molar-refractivity contribution in [2.75, 3.05) is 13.2 Å². The van der Waals surface area contributed by atoms with Gasteiger partial charge in [-0.1, -0.05) is 29.7 Å². The molecule has 0 unspecified atom stereocenters. The van der Waals surface area contributed by atoms with Gasteiger partial charge in [0.15, 0.2) is 0 Å². The van der Waals surface area contributed by atoms with Gasteiger partial charge >= 0.3 is 0 Å². The van der Waals surface area contributed by atoms with E-state index < -0.39 is 0 Å². The fourth-order valence-corrected chi connectivity index (χ4v) is 3.12. The standard InChI is InChI=1S/C20H17ClN2O2/c21-17-4-2-1-3-14(17)5-6-18-19-15(13-23-18)7-10-22-20(19)25-16-8-11-24-12-9-16/h1-4,7,10,16H,8-9,11-13H2. The van der Waals surface area contributed by atoms with Gasteiger partial charge in [-0.3, -0.25) is 4.99 Å². The highest BCUT2D eigenvalue weighted by molar-refractivity contribution is 6.31. The molecule has 2 aromatic rings. The third-order valence-electron chi connectivity index (χ3n) is 4.28. The number of aromatic nitrogens is 1. The predicted octanol–water partition coefficient (Wildman–Crippen LogP) is 3.65. The molecule has 25 heavy (non-hydrogen) atoms. The summed E-state index contributed by atoms with van der Waals surface area (Å²) in [5, 5.41) is 0.638. The molecule has 0 atom stereocenters. The molecule has 0 bridgehead atoms. The van der Waals surface area contributed by atoms with Crippen LogP contribution in [0.4, 0.5) is 0 Å². The van der Waals surface area contributed by atoms with Crippen LogP contribution in [0.1, 0.15) is 29.5 Å². The van der Waals surface area contributed by atoms with Crippen molar-refractivity contribution in [3.05, 3.63) is 58.2 Å². The average molecular weight is 353 g/mol. The number of fused-ring (bicyclic) bond motifs is 1. The first kappa shape index (κ1) is 16.1. The molecule has 0 saturated carbocycles. The Balaban J connectivity index is 1.62. The normalized spacial score (nSPS) is 16.6. The smallest absolute Gasteiger partial charge is 0.224 e. The highest BCUT2D eigenvalue weighted by Crippen LogP contribution is 2.28. The van der Waals surface area contributed by atoms with E-state index in [1.807, 2.05) is 30.3 Å². The summed E-state index contributed by atoms with van der Waals surface area (Å²) in [6, 6.07) is 9.51. The Labute approximate surface area is 151 Å². The van der Waals surface area contributed by atoms with Gasteiger partial charge in [0.25, 0.3) is 0 Å². The lowest BCUT2D eigenvalue weighted by atomic mass is 10.1. The summed E-state index contributed by atoms with van der Waals surface area (Å²) >= 11 is 6.18. The summed E-state index contributed by atoms with van der Waals surface area (Å²) in [6.45, 7) is 2.06. The molecule has 126 valence electrons. The van der Waals surface area contributed by atoms with Crippen LogP contribution in [0.5, 0.6) is 5.88 Å². The topological polar surface area (TPSA) is 43.7 Å². The van der Waals surface area contributed by atoms with Gasteiger partial charge in [-0.05, 0) is 29.7 Å². The monoisotopic (exact) mass is 352 g/mol. The molecule has 1 aromatic carbocycles. The zero-order chi connectivity index (χ0) is 17.1. The summed E-state index contributed by atoms with van der Waals surface area (Å²) in [5.41, 5.74) is 3.51. The number of ether oxygens (including phenoxy) is 2. The Morgan fingerprint density at radius 2 is 1.96 bits per heavy atom. The van der Waals surface area contributed by atoms with Crippen LogP contribution < -0.4 is 4.74 Å². The Kier molecular flexibility index (Phi) is 4.69. The van der Waals surface area contributed by atoms with E-state index in [-0.39, 0.29) is 6.10 Å². The summed E-state index contributed by atoms with van der Waals surface area (Å²) in [4.78, 5) is 8.99. The van der Waals surface area contributed by atoms with E-state index in [4.69, 9.17) is 21.1 Å². The molecule has 1 aromatic heterocycles. The Hall–Kier alpha value is -2.35. The molecule has 1 fully saturated rings. The van der Waals surface area contributed by atoms with Crippen molar-refractivity contribution >= 4 is 17.3 Å². The number of nitrogens with zero attached hydrogens (tertiary/aromatic N) is 2. The van der Waals surface area contributed by atoms with Crippen molar-refractivity contribution in [2.45, 2.75) is 25.5 Å². The van der Waals surface area contributed by atoms with E-state index in [1.54, 1.807) is 6.20 Å². The Morgan fingerprint density at radius 1 is 1.12 bits per heavy atom. The van der Waals surface area contributed by atoms with Gasteiger partial charge in [-0.15, -0.1) is 0 Å². The number of hydrogen-bond acceptors (Lipinski definition) is 4. The van der Waals surface area contributed by atoms with E-state index in [9.17, 15) is 0 Å². The van der Waals surface area contributed by atoms with Gasteiger partial charge in [-0.2, -0.15) is 0 Å². The molecule has 0 N–H and O–H groups in total. The lowest BCUT2D eigenvalue weighted by molar-refractivity contribution is 0.0236. The van der Waals surface area contributed by atoms with Crippen molar-refractivity contribution in [1.82, 2.24) is 4.98 Å². The first-order valence-electron chi connectivity index (χ1n) is 8.35. The fraction of sp³-hybridized carbons (Fsp3) is 0.300. The summed E-state index contributed by atoms with van der Waals surface area (Å²) in [5.74, 6) is 6.87. The van der Waals surface area contributed by atoms with E-state index in [0.717, 1.165) is 42.7 Å². The van der Waals surface area contributed by atoms with Crippen LogP contribution in [-0.2, 0) is 11.3 Å². The van der Waals surface area contributed by atoms with Gasteiger partial charge in [0, 0.05) is 24.6 Å². The Morgan fingerprint density at radius 3 is 2.80 bits per heavy atom. The lowest BCUT2D eigenvalue weighted by Gasteiger charge is -2.23. The van der Waals surface area contributed by atoms with Crippen molar-refractivity contribution < 1.29 is 9.47 Å². The van der Waals surface area contributed by atoms with Crippen molar-refractivity contribution in [3.8, 4) is 17.7 Å². The number of hydrogen-bond donors (Lipinski definition) is 0. The molecule has 2 aliphatic heterocycles. The second-order valence-electron chi connectivity index (χ2n) is 5.97. The fourth-order valence-electron chi connectivity index (χ4n) is 2.94. The average Bonchev–Trinajstić information content (AvgIpc) is 3.06. The molecule has 5 heteroatoms. The predicted molar refractivity (Wildman–Crippen MR) is 97.3 cm³/mol. The van der Waals surface area contributed by atoms with Crippen LogP contribution in [0.25, 0.3) is 0 Å². The zero-order valence-corrected chi connectivity index (χ0v) is 14.4. The summed E-state index contributed by atoms with van der Waals surface area (Å²) < 4.78 is 11.5. The van der Waals surface area contributed by atoms with Gasteiger partial charge in [-0.25, -0.2) is 4.98 Å². The molecule has 4 rings (SSSR count). The second-order valence-corrected chi connectivity index (χ2v) is 6.38. The minimum absolute atomic E-state index is 0.131. The number of halogens is 1. The molecule has 3 heterocycles. The first-order chi connectivity index (χ1) is 12.3. The van der Waals surface area contributed by atoms with Crippen LogP contribution in [0.15, 0.2) is 41.5 Å². The number of pyridine rings is 1. The zero-order valence-electron chi connectivity index (χ0n) is 13.7. The van der Waals surface area contributed by atoms with Crippen LogP contribution >= 0.6 is 11.6 Å². The largest absolute Gasteiger partial charge is 0.474 e. The van der Waals surface area contributed by atoms with Crippen molar-refractivity contribution in [2.24, 2.45) is 4.99 Å². The second kappa shape index (κ2) is 7.26. The molecule has 0 amide bonds. The number of benzene rings is 1. The third kappa shape index (κ3) is 3.53. The van der Waals surface area contributed by atoms with Crippen LogP contribution in [0, 0.1) is 11.8 Å². The number of aliphatic imine (C=N–C) groups is 1. The maximum absolute atomic E-state index is 6.18. The molecule has 1 saturated heterocycles. The quantitative estimate of drug-likeness (QED) is 0.775. The third-order valence-corrected chi connectivity index (χ3v) is 4.61. The highest BCUT2D eigenvalue weighted by Gasteiger charge is 2.24. The Bertz CT molecular complexity index is 877. The van der Waals surface area contributed by atoms with Crippen LogP contribution in [0.2, 0.25) is 5.02 Å². The molecule has 2 aliphatic rings. The van der Waals surface area contributed by atoms with Crippen molar-refractivity contribution in [1.29, 1.82) is 0 Å². The molecule has 0 aliphatic carbocycles. The van der Waals surface area contributed by atoms with E-state index in [0.29, 0.717) is 23.2 Å². The molecular weight excluding hydrogens is 336 g/mol. The SMILES string of the molecule is Clc1ccccc1C#CC1=NCc2ccnc(OC3CCOCC3)c21. The maximum atomic E-state index is 6.18. The maximum Gasteiger partial charge on any atom is 0.224 e. The lowest BCUT2D eigenvalue weighted by Crippen LogP contribution is -2.27. The van der Waals surface area contributed by atoms with Gasteiger partial charge in [0.05, 0.1) is 30.3 Å². The molecule has 0 radical (unpaired) electrons. The van der Waals surface area contributed by atoms with Gasteiger partial charge in [0.2, 0.25) is 5.88 Å². The first-order valence-corrected chi connectivity index (χ1v) is 8.73. The van der Waals surface area contributed by atoms with Gasteiger partial charge < -0.3 is 9.47 Å². The molecule has 0 spiro atoms. The van der Waals surface area contributed by atoms with E-state index in [2.05, 4.69) is 21.8 Å². The van der Waals surface area contributed by atoms with E-state index in [1.165, 1.54) is 0 Å². The molecular formula is C20H17ClN2O2. The highest BCUT2D eigenvalue weighted by atomic mass is 35.5. The minimum atomic E-state index is 0.131. The van der Waals surface area contributed by atoms with Gasteiger partial charge in [0.1, 0.15) is 11.8 Å². The van der Waals surface area contributed by atoms with E-state index >= 15 is 0 Å². The summed E-state index contributed by atoms with van der Waals surface area (Å²) in [7, 11) is 0.